The van der Waals surface area contributed by atoms with Gasteiger partial charge in [0.25, 0.3) is 0 Å². The molecule has 0 spiro atoms. The molecule has 0 aliphatic carbocycles. The molecule has 0 unspecified atom stereocenters. The third-order valence-corrected chi connectivity index (χ3v) is 13.1. The first-order valence-electron chi connectivity index (χ1n) is 19.7. The van der Waals surface area contributed by atoms with Gasteiger partial charge in [0.15, 0.2) is 0 Å². The number of ether oxygens (including phenoxy) is 2. The van der Waals surface area contributed by atoms with E-state index in [0.29, 0.717) is 22.3 Å². The van der Waals surface area contributed by atoms with E-state index in [4.69, 9.17) is 9.47 Å². The van der Waals surface area contributed by atoms with Crippen LogP contribution in [0, 0.1) is 0 Å². The van der Waals surface area contributed by atoms with E-state index >= 15 is 0 Å². The van der Waals surface area contributed by atoms with Crippen LogP contribution in [0.2, 0.25) is 0 Å². The monoisotopic (exact) mass is 756 g/mol. The highest BCUT2D eigenvalue weighted by atomic mass is 16.5. The SMILES string of the molecule is COC(=O)c1cc(-c2ccc3c4cccc5c4n(c3c2)-c2ccccc2C5(C)C)c(C(=O)OC)cc1-c1ccc2c(c1)c1cccc3c1n2-c1ccccc1C3(C)C. The third-order valence-electron chi connectivity index (χ3n) is 13.1. The zero-order valence-corrected chi connectivity index (χ0v) is 33.2. The molecule has 9 aromatic rings. The minimum atomic E-state index is -0.490. The molecule has 0 atom stereocenters. The summed E-state index contributed by atoms with van der Waals surface area (Å²) in [5.74, 6) is -0.979. The van der Waals surface area contributed by atoms with E-state index in [9.17, 15) is 9.59 Å². The number of carbonyl (C=O) groups excluding carboxylic acids is 2. The van der Waals surface area contributed by atoms with Crippen molar-refractivity contribution < 1.29 is 19.1 Å². The van der Waals surface area contributed by atoms with Crippen molar-refractivity contribution >= 4 is 55.6 Å². The van der Waals surface area contributed by atoms with Gasteiger partial charge in [-0.3, -0.25) is 0 Å². The number of fused-ring (bicyclic) bond motifs is 10. The predicted octanol–water partition coefficient (Wildman–Crippen LogP) is 12.1. The fourth-order valence-electron chi connectivity index (χ4n) is 10.3. The molecule has 282 valence electrons. The molecule has 2 aromatic heterocycles. The summed E-state index contributed by atoms with van der Waals surface area (Å²) in [5, 5.41) is 4.48. The molecule has 6 nitrogen and oxygen atoms in total. The molecule has 2 aliphatic rings. The van der Waals surface area contributed by atoms with Crippen LogP contribution >= 0.6 is 0 Å². The molecule has 6 heteroatoms. The Hall–Kier alpha value is -6.92. The Bertz CT molecular complexity index is 3300. The summed E-state index contributed by atoms with van der Waals surface area (Å²) in [5.41, 5.74) is 14.9. The van der Waals surface area contributed by atoms with Crippen molar-refractivity contribution in [2.45, 2.75) is 38.5 Å². The van der Waals surface area contributed by atoms with Gasteiger partial charge in [0.1, 0.15) is 0 Å². The average Bonchev–Trinajstić information content (AvgIpc) is 3.77. The molecule has 7 aromatic carbocycles. The highest BCUT2D eigenvalue weighted by molar-refractivity contribution is 6.15. The maximum Gasteiger partial charge on any atom is 0.338 e. The average molecular weight is 757 g/mol. The van der Waals surface area contributed by atoms with Gasteiger partial charge in [-0.15, -0.1) is 0 Å². The Labute approximate surface area is 335 Å². The summed E-state index contributed by atoms with van der Waals surface area (Å²) >= 11 is 0. The van der Waals surface area contributed by atoms with E-state index < -0.39 is 11.9 Å². The molecule has 11 rings (SSSR count). The topological polar surface area (TPSA) is 62.5 Å². The quantitative estimate of drug-likeness (QED) is 0.168. The maximum absolute atomic E-state index is 13.9. The molecule has 0 amide bonds. The Kier molecular flexibility index (Phi) is 6.99. The highest BCUT2D eigenvalue weighted by Crippen LogP contribution is 2.50. The van der Waals surface area contributed by atoms with Gasteiger partial charge < -0.3 is 18.6 Å². The number of rotatable bonds is 4. The van der Waals surface area contributed by atoms with Crippen molar-refractivity contribution in [2.24, 2.45) is 0 Å². The molecule has 0 radical (unpaired) electrons. The van der Waals surface area contributed by atoms with Crippen LogP contribution in [0.25, 0.3) is 77.2 Å². The van der Waals surface area contributed by atoms with E-state index in [1.165, 1.54) is 52.9 Å². The Morgan fingerprint density at radius 3 is 1.47 bits per heavy atom. The standard InChI is InChI=1S/C52H40N2O4/c1-51(2)39-15-7-9-19-44(39)53-43-24-22-29(25-36(43)33-14-12-18-42(51)48(33)53)34-27-38(50(56)58-6)35(28-37(34)49(55)57-5)30-21-23-31-32-13-11-17-41-47(32)54(46(31)26-30)45-20-10-8-16-40(45)52(41,3)4/h7-28H,1-6H3. The van der Waals surface area contributed by atoms with Gasteiger partial charge in [0.05, 0.1) is 58.8 Å². The molecular formula is C52H40N2O4. The highest BCUT2D eigenvalue weighted by Gasteiger charge is 2.36. The Morgan fingerprint density at radius 1 is 0.448 bits per heavy atom. The largest absolute Gasteiger partial charge is 0.465 e. The molecule has 0 N–H and O–H groups in total. The van der Waals surface area contributed by atoms with Crippen LogP contribution in [-0.4, -0.2) is 35.3 Å². The number of esters is 2. The van der Waals surface area contributed by atoms with Crippen molar-refractivity contribution in [1.29, 1.82) is 0 Å². The summed E-state index contributed by atoms with van der Waals surface area (Å²) in [6.07, 6.45) is 0. The lowest BCUT2D eigenvalue weighted by molar-refractivity contribution is 0.0588. The van der Waals surface area contributed by atoms with Crippen molar-refractivity contribution in [3.8, 4) is 33.6 Å². The zero-order chi connectivity index (χ0) is 39.8. The van der Waals surface area contributed by atoms with E-state index in [2.05, 4.69) is 146 Å². The first-order valence-corrected chi connectivity index (χ1v) is 19.7. The van der Waals surface area contributed by atoms with Crippen LogP contribution in [0.15, 0.2) is 133 Å². The number of para-hydroxylation sites is 4. The van der Waals surface area contributed by atoms with Crippen LogP contribution in [0.5, 0.6) is 0 Å². The summed E-state index contributed by atoms with van der Waals surface area (Å²) in [7, 11) is 2.79. The third kappa shape index (κ3) is 4.37. The number of hydrogen-bond acceptors (Lipinski definition) is 4. The van der Waals surface area contributed by atoms with Gasteiger partial charge in [-0.05, 0) is 87.0 Å². The number of hydrogen-bond donors (Lipinski definition) is 0. The number of carbonyl (C=O) groups is 2. The number of methoxy groups -OCH3 is 2. The van der Waals surface area contributed by atoms with E-state index in [0.717, 1.165) is 49.7 Å². The lowest BCUT2D eigenvalue weighted by atomic mass is 9.75. The second kappa shape index (κ2) is 11.8. The lowest BCUT2D eigenvalue weighted by Gasteiger charge is -2.34. The molecule has 0 saturated carbocycles. The minimum absolute atomic E-state index is 0.190. The molecule has 0 fully saturated rings. The smallest absolute Gasteiger partial charge is 0.338 e. The van der Waals surface area contributed by atoms with Gasteiger partial charge in [-0.1, -0.05) is 119 Å². The first-order chi connectivity index (χ1) is 28.0. The van der Waals surface area contributed by atoms with Gasteiger partial charge in [-0.2, -0.15) is 0 Å². The fourth-order valence-corrected chi connectivity index (χ4v) is 10.3. The van der Waals surface area contributed by atoms with Gasteiger partial charge in [-0.25, -0.2) is 9.59 Å². The van der Waals surface area contributed by atoms with Crippen molar-refractivity contribution in [3.05, 3.63) is 167 Å². The van der Waals surface area contributed by atoms with E-state index in [1.54, 1.807) is 12.1 Å². The zero-order valence-electron chi connectivity index (χ0n) is 33.2. The summed E-state index contributed by atoms with van der Waals surface area (Å²) in [6.45, 7) is 9.15. The van der Waals surface area contributed by atoms with Crippen LogP contribution < -0.4 is 0 Å². The summed E-state index contributed by atoms with van der Waals surface area (Å²) in [6, 6.07) is 46.5. The van der Waals surface area contributed by atoms with Crippen LogP contribution in [0.1, 0.15) is 70.7 Å². The molecule has 58 heavy (non-hydrogen) atoms. The fraction of sp³-hybridized carbons (Fsp3) is 0.154. The van der Waals surface area contributed by atoms with Gasteiger partial charge >= 0.3 is 11.9 Å². The second-order valence-corrected chi connectivity index (χ2v) is 16.7. The normalized spacial score (nSPS) is 14.4. The maximum atomic E-state index is 13.9. The minimum Gasteiger partial charge on any atom is -0.465 e. The van der Waals surface area contributed by atoms with Crippen LogP contribution in [0.3, 0.4) is 0 Å². The first kappa shape index (κ1) is 34.3. The van der Waals surface area contributed by atoms with Crippen molar-refractivity contribution in [1.82, 2.24) is 9.13 Å². The Balaban J connectivity index is 1.15. The van der Waals surface area contributed by atoms with Gasteiger partial charge in [0.2, 0.25) is 0 Å². The molecule has 0 bridgehead atoms. The van der Waals surface area contributed by atoms with Crippen LogP contribution in [-0.2, 0) is 20.3 Å². The summed E-state index contributed by atoms with van der Waals surface area (Å²) < 4.78 is 15.6. The second-order valence-electron chi connectivity index (χ2n) is 16.7. The molecule has 4 heterocycles. The van der Waals surface area contributed by atoms with Crippen molar-refractivity contribution in [3.63, 3.8) is 0 Å². The van der Waals surface area contributed by atoms with Crippen molar-refractivity contribution in [2.75, 3.05) is 14.2 Å². The summed E-state index contributed by atoms with van der Waals surface area (Å²) in [4.78, 5) is 27.7. The van der Waals surface area contributed by atoms with Gasteiger partial charge in [0, 0.05) is 32.4 Å². The lowest BCUT2D eigenvalue weighted by Crippen LogP contribution is -2.26. The van der Waals surface area contributed by atoms with E-state index in [-0.39, 0.29) is 10.8 Å². The van der Waals surface area contributed by atoms with E-state index in [1.807, 2.05) is 12.1 Å². The Morgan fingerprint density at radius 2 is 0.914 bits per heavy atom. The molecule has 0 saturated heterocycles. The number of benzene rings is 7. The number of aromatic nitrogens is 2. The van der Waals surface area contributed by atoms with Crippen LogP contribution in [0.4, 0.5) is 0 Å². The predicted molar refractivity (Wildman–Crippen MR) is 233 cm³/mol. The molecule has 2 aliphatic heterocycles. The molecular weight excluding hydrogens is 717 g/mol. The number of nitrogens with zero attached hydrogens (tertiary/aromatic N) is 2.